The number of halogens is 2. The van der Waals surface area contributed by atoms with Gasteiger partial charge < -0.3 is 59.1 Å². The van der Waals surface area contributed by atoms with E-state index in [-0.39, 0.29) is 13.2 Å². The minimum Gasteiger partial charge on any atom is -0.388 e. The van der Waals surface area contributed by atoms with Gasteiger partial charge in [-0.25, -0.2) is 0 Å². The summed E-state index contributed by atoms with van der Waals surface area (Å²) in [6.07, 6.45) is 0.697. The van der Waals surface area contributed by atoms with Crippen molar-refractivity contribution in [3.63, 3.8) is 0 Å². The van der Waals surface area contributed by atoms with Crippen LogP contribution in [0.25, 0.3) is 0 Å². The number of ether oxygens (including phenoxy) is 6. The van der Waals surface area contributed by atoms with Gasteiger partial charge in [-0.1, -0.05) is 47.5 Å². The minimum absolute atomic E-state index is 0.130. The second-order valence-corrected chi connectivity index (χ2v) is 16.9. The van der Waals surface area contributed by atoms with Gasteiger partial charge in [0.2, 0.25) is 0 Å². The van der Waals surface area contributed by atoms with Crippen LogP contribution in [0.15, 0.2) is 36.4 Å². The predicted molar refractivity (Wildman–Crippen MR) is 215 cm³/mol. The molecule has 2 aromatic rings. The molecule has 57 heavy (non-hydrogen) atoms. The number of hydrogen-bond acceptors (Lipinski definition) is 12. The Hall–Kier alpha value is -1.46. The molecule has 2 aliphatic carbocycles. The summed E-state index contributed by atoms with van der Waals surface area (Å²) in [4.78, 5) is 0. The summed E-state index contributed by atoms with van der Waals surface area (Å²) in [5.41, 5.74) is 3.52. The number of aliphatic hydroxyl groups excluding tert-OH is 6. The summed E-state index contributed by atoms with van der Waals surface area (Å²) in [7, 11) is 5.04. The van der Waals surface area contributed by atoms with Gasteiger partial charge in [0.1, 0.15) is 61.0 Å². The first-order valence-corrected chi connectivity index (χ1v) is 21.2. The Morgan fingerprint density at radius 2 is 0.965 bits per heavy atom. The molecule has 2 saturated heterocycles. The maximum atomic E-state index is 10.5. The van der Waals surface area contributed by atoms with Gasteiger partial charge in [-0.05, 0) is 117 Å². The first kappa shape index (κ1) is 46.6. The fourth-order valence-corrected chi connectivity index (χ4v) is 9.14. The Bertz CT molecular complexity index is 1500. The number of hydrogen-bond donors (Lipinski definition) is 6. The number of methoxy groups -OCH3 is 3. The SMILES string of the molecule is CCOC[C@H]1O[C@@H](c2ccc(Cl)c(CC3CCC(OC)CC3)c2)[C@H](O)[C@@H](O)[C@@H]1O.COC[C@H]1O[C@@H](c2ccc(Cl)c(CC3CCC(OC)CC3)c2)[C@H](O)[C@@H](O)[C@@H]1O. The van der Waals surface area contributed by atoms with Crippen LogP contribution in [0.4, 0.5) is 0 Å². The van der Waals surface area contributed by atoms with Crippen LogP contribution in [0.5, 0.6) is 0 Å². The maximum absolute atomic E-state index is 10.5. The summed E-state index contributed by atoms with van der Waals surface area (Å²) in [6, 6.07) is 11.1. The highest BCUT2D eigenvalue weighted by Crippen LogP contribution is 2.38. The van der Waals surface area contributed by atoms with Crippen molar-refractivity contribution in [1.29, 1.82) is 0 Å². The number of aliphatic hydroxyl groups is 6. The molecular weight excluding hydrogens is 779 g/mol. The van der Waals surface area contributed by atoms with Crippen LogP contribution in [-0.4, -0.2) is 133 Å². The van der Waals surface area contributed by atoms with Gasteiger partial charge >= 0.3 is 0 Å². The molecular formula is C43H64Cl2O12. The first-order valence-electron chi connectivity index (χ1n) is 20.5. The fourth-order valence-electron chi connectivity index (χ4n) is 8.75. The van der Waals surface area contributed by atoms with Crippen molar-refractivity contribution < 1.29 is 59.1 Å². The summed E-state index contributed by atoms with van der Waals surface area (Å²) in [6.45, 7) is 2.61. The molecule has 2 aromatic carbocycles. The molecule has 322 valence electrons. The Labute approximate surface area is 347 Å². The topological polar surface area (TPSA) is 177 Å². The lowest BCUT2D eigenvalue weighted by Gasteiger charge is -2.41. The van der Waals surface area contributed by atoms with Gasteiger partial charge in [-0.3, -0.25) is 0 Å². The van der Waals surface area contributed by atoms with Crippen LogP contribution in [0, 0.1) is 11.8 Å². The lowest BCUT2D eigenvalue weighted by molar-refractivity contribution is -0.234. The van der Waals surface area contributed by atoms with Crippen LogP contribution in [-0.2, 0) is 41.3 Å². The average Bonchev–Trinajstić information content (AvgIpc) is 3.22. The molecule has 0 aromatic heterocycles. The van der Waals surface area contributed by atoms with Crippen molar-refractivity contribution in [1.82, 2.24) is 0 Å². The minimum atomic E-state index is -1.30. The lowest BCUT2D eigenvalue weighted by Crippen LogP contribution is -2.55. The highest BCUT2D eigenvalue weighted by atomic mass is 35.5. The second kappa shape index (κ2) is 22.4. The van der Waals surface area contributed by atoms with E-state index in [2.05, 4.69) is 0 Å². The molecule has 0 radical (unpaired) electrons. The molecule has 0 bridgehead atoms. The first-order chi connectivity index (χ1) is 27.4. The van der Waals surface area contributed by atoms with Gasteiger partial charge in [0.15, 0.2) is 0 Å². The predicted octanol–water partition coefficient (Wildman–Crippen LogP) is 4.90. The molecule has 6 rings (SSSR count). The summed E-state index contributed by atoms with van der Waals surface area (Å²) in [5.74, 6) is 1.09. The van der Waals surface area contributed by atoms with E-state index in [1.54, 1.807) is 20.3 Å². The van der Waals surface area contributed by atoms with Crippen molar-refractivity contribution in [2.24, 2.45) is 11.8 Å². The molecule has 0 spiro atoms. The van der Waals surface area contributed by atoms with Crippen LogP contribution in [0.2, 0.25) is 10.0 Å². The molecule has 0 amide bonds. The molecule has 0 unspecified atom stereocenters. The Morgan fingerprint density at radius 3 is 1.33 bits per heavy atom. The van der Waals surface area contributed by atoms with Crippen LogP contribution >= 0.6 is 23.2 Å². The molecule has 4 fully saturated rings. The zero-order valence-electron chi connectivity index (χ0n) is 33.6. The third-order valence-electron chi connectivity index (χ3n) is 12.3. The molecule has 6 N–H and O–H groups in total. The van der Waals surface area contributed by atoms with Crippen LogP contribution in [0.1, 0.15) is 92.8 Å². The van der Waals surface area contributed by atoms with E-state index in [1.165, 1.54) is 7.11 Å². The van der Waals surface area contributed by atoms with Crippen molar-refractivity contribution >= 4 is 23.2 Å². The molecule has 10 atom stereocenters. The zero-order chi connectivity index (χ0) is 41.2. The zero-order valence-corrected chi connectivity index (χ0v) is 35.1. The van der Waals surface area contributed by atoms with Gasteiger partial charge in [0.25, 0.3) is 0 Å². The quantitative estimate of drug-likeness (QED) is 0.161. The van der Waals surface area contributed by atoms with Crippen molar-refractivity contribution in [3.05, 3.63) is 68.7 Å². The highest BCUT2D eigenvalue weighted by Gasteiger charge is 2.45. The van der Waals surface area contributed by atoms with Crippen LogP contribution in [0.3, 0.4) is 0 Å². The molecule has 2 saturated carbocycles. The Kier molecular flexibility index (Phi) is 18.3. The monoisotopic (exact) mass is 842 g/mol. The number of rotatable bonds is 13. The normalized spacial score (nSPS) is 36.0. The highest BCUT2D eigenvalue weighted by molar-refractivity contribution is 6.31. The van der Waals surface area contributed by atoms with Gasteiger partial charge in [0, 0.05) is 38.0 Å². The molecule has 4 aliphatic rings. The largest absolute Gasteiger partial charge is 0.388 e. The smallest absolute Gasteiger partial charge is 0.113 e. The fraction of sp³-hybridized carbons (Fsp3) is 0.721. The Morgan fingerprint density at radius 1 is 0.561 bits per heavy atom. The third-order valence-corrected chi connectivity index (χ3v) is 13.0. The molecule has 12 nitrogen and oxygen atoms in total. The van der Waals surface area contributed by atoms with Gasteiger partial charge in [-0.2, -0.15) is 0 Å². The maximum Gasteiger partial charge on any atom is 0.113 e. The van der Waals surface area contributed by atoms with E-state index in [1.807, 2.05) is 37.3 Å². The van der Waals surface area contributed by atoms with E-state index in [0.717, 1.165) is 86.5 Å². The summed E-state index contributed by atoms with van der Waals surface area (Å²) in [5, 5.41) is 63.2. The average molecular weight is 844 g/mol. The second-order valence-electron chi connectivity index (χ2n) is 16.1. The van der Waals surface area contributed by atoms with Gasteiger partial charge in [-0.15, -0.1) is 0 Å². The summed E-state index contributed by atoms with van der Waals surface area (Å²) >= 11 is 12.9. The van der Waals surface area contributed by atoms with E-state index in [4.69, 9.17) is 51.6 Å². The van der Waals surface area contributed by atoms with Gasteiger partial charge in [0.05, 0.1) is 25.4 Å². The summed E-state index contributed by atoms with van der Waals surface area (Å²) < 4.78 is 33.2. The van der Waals surface area contributed by atoms with Crippen molar-refractivity contribution in [2.75, 3.05) is 41.2 Å². The van der Waals surface area contributed by atoms with Crippen LogP contribution < -0.4 is 0 Å². The van der Waals surface area contributed by atoms with E-state index in [9.17, 15) is 30.6 Å². The van der Waals surface area contributed by atoms with E-state index < -0.39 is 61.0 Å². The number of benzene rings is 2. The van der Waals surface area contributed by atoms with Crippen molar-refractivity contribution in [3.8, 4) is 0 Å². The molecule has 2 heterocycles. The standard InChI is InChI=1S/C22H33ClO6.C21H31ClO6/c1-3-28-12-18-19(24)20(25)21(26)22(29-18)14-6-9-17(23)15(11-14)10-13-4-7-16(27-2)8-5-13;1-26-11-17-18(23)19(24)20(25)21(28-17)13-5-8-16(22)14(10-13)9-12-3-6-15(27-2)7-4-12/h6,9,11,13,16,18-22,24-26H,3-5,7-8,10,12H2,1-2H3;5,8,10,12,15,17-21,23-25H,3-4,6-7,9,11H2,1-2H3/t13?,16?,18-,19-,20+,21-,22+;12?,15?,17-,18-,19+,20-,21+/m11/s1. The van der Waals surface area contributed by atoms with E-state index in [0.29, 0.717) is 40.7 Å². The van der Waals surface area contributed by atoms with E-state index >= 15 is 0 Å². The molecule has 14 heteroatoms. The third kappa shape index (κ3) is 12.1. The Balaban J connectivity index is 0.000000218. The van der Waals surface area contributed by atoms with Crippen molar-refractivity contribution in [2.45, 2.75) is 144 Å². The molecule has 2 aliphatic heterocycles. The lowest BCUT2D eigenvalue weighted by atomic mass is 9.82.